The van der Waals surface area contributed by atoms with E-state index in [1.807, 2.05) is 0 Å². The summed E-state index contributed by atoms with van der Waals surface area (Å²) >= 11 is 0. The fourth-order valence-corrected chi connectivity index (χ4v) is 0. The van der Waals surface area contributed by atoms with E-state index in [9.17, 15) is 0 Å². The standard InChI is InChI=1S/Fe.K.3NO3/c;;3*2-1(3)4/q+2;+1;3*-1. The molecule has 0 unspecified atom stereocenters. The van der Waals surface area contributed by atoms with Crippen LogP contribution in [0.25, 0.3) is 0 Å². The van der Waals surface area contributed by atoms with E-state index in [1.54, 1.807) is 0 Å². The van der Waals surface area contributed by atoms with E-state index in [-0.39, 0.29) is 68.5 Å². The van der Waals surface area contributed by atoms with Gasteiger partial charge in [-0.05, 0) is 0 Å². The first-order chi connectivity index (χ1) is 5.20. The van der Waals surface area contributed by atoms with Gasteiger partial charge in [-0.25, -0.2) is 0 Å². The Morgan fingerprint density at radius 3 is 0.571 bits per heavy atom. The molecule has 0 atom stereocenters. The molecular formula is FeKN3O9. The molecule has 0 saturated heterocycles. The Balaban J connectivity index is -0.0000000270. The van der Waals surface area contributed by atoms with E-state index in [0.29, 0.717) is 0 Å². The van der Waals surface area contributed by atoms with Crippen LogP contribution in [0.4, 0.5) is 0 Å². The SMILES string of the molecule is O=[N+]([O-])[O-].O=[N+]([O-])[O-].O=[N+]([O-])[O-].[Fe+2].[K+]. The van der Waals surface area contributed by atoms with Crippen molar-refractivity contribution in [1.82, 2.24) is 0 Å². The van der Waals surface area contributed by atoms with Gasteiger partial charge in [0.05, 0.1) is 15.3 Å². The summed E-state index contributed by atoms with van der Waals surface area (Å²) in [5.41, 5.74) is 0. The summed E-state index contributed by atoms with van der Waals surface area (Å²) in [5.74, 6) is 0. The fraction of sp³-hybridized carbons (Fsp3) is 0. The van der Waals surface area contributed by atoms with Crippen molar-refractivity contribution in [3.05, 3.63) is 46.0 Å². The molecule has 14 heavy (non-hydrogen) atoms. The van der Waals surface area contributed by atoms with Crippen LogP contribution in [0.1, 0.15) is 0 Å². The predicted molar refractivity (Wildman–Crippen MR) is 31.1 cm³/mol. The molecule has 0 aliphatic carbocycles. The molecule has 0 aliphatic rings. The van der Waals surface area contributed by atoms with Gasteiger partial charge in [0.25, 0.3) is 0 Å². The summed E-state index contributed by atoms with van der Waals surface area (Å²) < 4.78 is 0. The van der Waals surface area contributed by atoms with Crippen LogP contribution >= 0.6 is 0 Å². The molecule has 0 aromatic heterocycles. The molecule has 14 heteroatoms. The minimum absolute atomic E-state index is 0. The molecule has 0 fully saturated rings. The molecule has 0 spiro atoms. The molecule has 0 aromatic carbocycles. The van der Waals surface area contributed by atoms with Crippen molar-refractivity contribution in [2.75, 3.05) is 0 Å². The molecular weight excluding hydrogens is 281 g/mol. The quantitative estimate of drug-likeness (QED) is 0.243. The Labute approximate surface area is 128 Å². The van der Waals surface area contributed by atoms with Crippen molar-refractivity contribution in [1.29, 1.82) is 0 Å². The summed E-state index contributed by atoms with van der Waals surface area (Å²) in [7, 11) is 0. The molecule has 0 aromatic rings. The molecule has 0 bridgehead atoms. The largest absolute Gasteiger partial charge is 2.00 e. The number of hydrogen-bond donors (Lipinski definition) is 0. The van der Waals surface area contributed by atoms with E-state index < -0.39 is 15.3 Å². The summed E-state index contributed by atoms with van der Waals surface area (Å²) in [4.78, 5) is 24.8. The van der Waals surface area contributed by atoms with Crippen molar-refractivity contribution < 1.29 is 83.7 Å². The van der Waals surface area contributed by atoms with Crippen LogP contribution in [0.3, 0.4) is 0 Å². The second-order valence-electron chi connectivity index (χ2n) is 0.671. The van der Waals surface area contributed by atoms with Crippen molar-refractivity contribution in [3.8, 4) is 0 Å². The summed E-state index contributed by atoms with van der Waals surface area (Å²) in [6, 6.07) is 0. The molecule has 0 radical (unpaired) electrons. The van der Waals surface area contributed by atoms with Crippen molar-refractivity contribution in [2.24, 2.45) is 0 Å². The fourth-order valence-electron chi connectivity index (χ4n) is 0. The van der Waals surface area contributed by atoms with E-state index in [2.05, 4.69) is 0 Å². The molecule has 0 heterocycles. The molecule has 78 valence electrons. The third kappa shape index (κ3) is 22800. The monoisotopic (exact) mass is 281 g/mol. The van der Waals surface area contributed by atoms with Crippen LogP contribution in [-0.2, 0) is 17.1 Å². The zero-order valence-electron chi connectivity index (χ0n) is 6.37. The molecule has 0 amide bonds. The molecule has 0 rings (SSSR count). The second-order valence-corrected chi connectivity index (χ2v) is 0.671. The van der Waals surface area contributed by atoms with Gasteiger partial charge >= 0.3 is 68.5 Å². The zero-order valence-corrected chi connectivity index (χ0v) is 10.6. The first-order valence-electron chi connectivity index (χ1n) is 1.64. The summed E-state index contributed by atoms with van der Waals surface area (Å²) in [6.45, 7) is 0. The van der Waals surface area contributed by atoms with Gasteiger partial charge in [-0.1, -0.05) is 0 Å². The predicted octanol–water partition coefficient (Wildman–Crippen LogP) is -3.72. The maximum atomic E-state index is 8.25. The van der Waals surface area contributed by atoms with E-state index in [4.69, 9.17) is 46.0 Å². The van der Waals surface area contributed by atoms with Gasteiger partial charge in [-0.2, -0.15) is 0 Å². The van der Waals surface area contributed by atoms with Gasteiger partial charge in [0.2, 0.25) is 0 Å². The first-order valence-corrected chi connectivity index (χ1v) is 1.64. The number of rotatable bonds is 0. The Hall–Kier alpha value is -0.244. The van der Waals surface area contributed by atoms with Crippen molar-refractivity contribution in [3.63, 3.8) is 0 Å². The maximum absolute atomic E-state index is 8.25. The van der Waals surface area contributed by atoms with Crippen molar-refractivity contribution in [2.45, 2.75) is 0 Å². The minimum Gasteiger partial charge on any atom is -0.356 e. The topological polar surface area (TPSA) is 199 Å². The van der Waals surface area contributed by atoms with E-state index in [0.717, 1.165) is 0 Å². The number of nitrogens with zero attached hydrogens (tertiary/aromatic N) is 3. The van der Waals surface area contributed by atoms with Gasteiger partial charge in [0, 0.05) is 0 Å². The van der Waals surface area contributed by atoms with Crippen LogP contribution in [0.5, 0.6) is 0 Å². The number of hydrogen-bond acceptors (Lipinski definition) is 9. The average Bonchev–Trinajstić information content (AvgIpc) is 1.54. The van der Waals surface area contributed by atoms with Crippen LogP contribution < -0.4 is 51.4 Å². The second kappa shape index (κ2) is 23.0. The summed E-state index contributed by atoms with van der Waals surface area (Å²) in [6.07, 6.45) is 0. The maximum Gasteiger partial charge on any atom is 2.00 e. The molecule has 0 saturated carbocycles. The van der Waals surface area contributed by atoms with Crippen LogP contribution in [0.15, 0.2) is 0 Å². The average molecular weight is 281 g/mol. The first kappa shape index (κ1) is 29.2. The molecule has 12 nitrogen and oxygen atoms in total. The Morgan fingerprint density at radius 2 is 0.571 bits per heavy atom. The Kier molecular flexibility index (Phi) is 48.0. The van der Waals surface area contributed by atoms with Crippen LogP contribution in [-0.4, -0.2) is 15.3 Å². The van der Waals surface area contributed by atoms with Gasteiger partial charge in [-0.15, -0.1) is 0 Å². The van der Waals surface area contributed by atoms with E-state index in [1.165, 1.54) is 0 Å². The zero-order chi connectivity index (χ0) is 10.7. The van der Waals surface area contributed by atoms with Gasteiger partial charge in [0.1, 0.15) is 0 Å². The smallest absolute Gasteiger partial charge is 0.356 e. The molecule has 0 aliphatic heterocycles. The van der Waals surface area contributed by atoms with Crippen molar-refractivity contribution >= 4 is 0 Å². The Bertz CT molecular complexity index is 118. The third-order valence-electron chi connectivity index (χ3n) is 0. The normalized spacial score (nSPS) is 5.14. The summed E-state index contributed by atoms with van der Waals surface area (Å²) in [5, 5.41) is 44.2. The van der Waals surface area contributed by atoms with Gasteiger partial charge in [0.15, 0.2) is 0 Å². The minimum atomic E-state index is -1.75. The van der Waals surface area contributed by atoms with E-state index >= 15 is 0 Å². The van der Waals surface area contributed by atoms with Gasteiger partial charge < -0.3 is 46.0 Å². The molecule has 0 N–H and O–H groups in total. The Morgan fingerprint density at radius 1 is 0.571 bits per heavy atom. The van der Waals surface area contributed by atoms with Crippen LogP contribution in [0, 0.1) is 46.0 Å². The van der Waals surface area contributed by atoms with Gasteiger partial charge in [-0.3, -0.25) is 0 Å². The van der Waals surface area contributed by atoms with Crippen LogP contribution in [0.2, 0.25) is 0 Å². The third-order valence-corrected chi connectivity index (χ3v) is 0.